The lowest BCUT2D eigenvalue weighted by atomic mass is 10.2. The maximum atomic E-state index is 13.5. The lowest BCUT2D eigenvalue weighted by Gasteiger charge is -2.16. The predicted molar refractivity (Wildman–Crippen MR) is 103 cm³/mol. The van der Waals surface area contributed by atoms with Crippen LogP contribution in [0.2, 0.25) is 0 Å². The molecule has 7 nitrogen and oxygen atoms in total. The van der Waals surface area contributed by atoms with Crippen LogP contribution in [0.25, 0.3) is 0 Å². The summed E-state index contributed by atoms with van der Waals surface area (Å²) < 4.78 is 51.0. The van der Waals surface area contributed by atoms with Crippen molar-refractivity contribution >= 4 is 17.5 Å². The molecule has 156 valence electrons. The molecular weight excluding hydrogens is 401 g/mol. The van der Waals surface area contributed by atoms with E-state index in [1.165, 1.54) is 32.4 Å². The highest BCUT2D eigenvalue weighted by Gasteiger charge is 2.37. The fraction of sp³-hybridized carbons (Fsp3) is 0.150. The SMILES string of the molecule is CNC(=O)c1ccccc1Oc1nc(Nc2ccccc2OC)ncc1C(F)(F)F. The third-order valence-electron chi connectivity index (χ3n) is 3.98. The number of methoxy groups -OCH3 is 1. The number of alkyl halides is 3. The van der Waals surface area contributed by atoms with Gasteiger partial charge in [0.1, 0.15) is 17.1 Å². The number of carbonyl (C=O) groups excluding carboxylic acids is 1. The topological polar surface area (TPSA) is 85.4 Å². The molecule has 0 aliphatic rings. The van der Waals surface area contributed by atoms with Gasteiger partial charge in [-0.25, -0.2) is 4.98 Å². The summed E-state index contributed by atoms with van der Waals surface area (Å²) in [5, 5.41) is 5.21. The first kappa shape index (κ1) is 20.9. The van der Waals surface area contributed by atoms with Crippen molar-refractivity contribution in [1.29, 1.82) is 0 Å². The molecule has 0 spiro atoms. The van der Waals surface area contributed by atoms with Gasteiger partial charge < -0.3 is 20.1 Å². The van der Waals surface area contributed by atoms with Crippen LogP contribution < -0.4 is 20.1 Å². The number of nitrogens with zero attached hydrogens (tertiary/aromatic N) is 2. The van der Waals surface area contributed by atoms with Crippen LogP contribution in [0, 0.1) is 0 Å². The summed E-state index contributed by atoms with van der Waals surface area (Å²) in [5.74, 6) is -1.02. The van der Waals surface area contributed by atoms with Crippen LogP contribution in [0.1, 0.15) is 15.9 Å². The zero-order valence-corrected chi connectivity index (χ0v) is 15.9. The Bertz CT molecular complexity index is 1060. The van der Waals surface area contributed by atoms with Crippen molar-refractivity contribution in [2.75, 3.05) is 19.5 Å². The van der Waals surface area contributed by atoms with Crippen LogP contribution in [0.3, 0.4) is 0 Å². The average Bonchev–Trinajstić information content (AvgIpc) is 2.73. The summed E-state index contributed by atoms with van der Waals surface area (Å²) in [6, 6.07) is 12.7. The highest BCUT2D eigenvalue weighted by atomic mass is 19.4. The smallest absolute Gasteiger partial charge is 0.423 e. The zero-order chi connectivity index (χ0) is 21.7. The van der Waals surface area contributed by atoms with Gasteiger partial charge in [0, 0.05) is 13.2 Å². The summed E-state index contributed by atoms with van der Waals surface area (Å²) in [6.45, 7) is 0. The molecule has 0 aliphatic carbocycles. The molecule has 10 heteroatoms. The third-order valence-corrected chi connectivity index (χ3v) is 3.98. The number of hydrogen-bond donors (Lipinski definition) is 2. The van der Waals surface area contributed by atoms with Crippen molar-refractivity contribution in [3.05, 3.63) is 65.9 Å². The molecule has 1 aromatic heterocycles. The summed E-state index contributed by atoms with van der Waals surface area (Å²) in [5.41, 5.74) is -0.665. The summed E-state index contributed by atoms with van der Waals surface area (Å²) >= 11 is 0. The first-order valence-electron chi connectivity index (χ1n) is 8.66. The molecule has 0 aliphatic heterocycles. The fourth-order valence-corrected chi connectivity index (χ4v) is 2.55. The Morgan fingerprint density at radius 1 is 1.03 bits per heavy atom. The number of anilines is 2. The number of amides is 1. The van der Waals surface area contributed by atoms with E-state index in [4.69, 9.17) is 9.47 Å². The second-order valence-electron chi connectivity index (χ2n) is 5.91. The second-order valence-corrected chi connectivity index (χ2v) is 5.91. The quantitative estimate of drug-likeness (QED) is 0.617. The fourth-order valence-electron chi connectivity index (χ4n) is 2.55. The minimum absolute atomic E-state index is 0.0611. The molecule has 3 aromatic rings. The molecule has 1 amide bonds. The summed E-state index contributed by atoms with van der Waals surface area (Å²) in [6.07, 6.45) is -4.15. The zero-order valence-electron chi connectivity index (χ0n) is 15.9. The maximum absolute atomic E-state index is 13.5. The Balaban J connectivity index is 2.02. The Hall–Kier alpha value is -3.82. The molecule has 0 saturated heterocycles. The number of benzene rings is 2. The van der Waals surface area contributed by atoms with Crippen LogP contribution in [-0.2, 0) is 6.18 Å². The van der Waals surface area contributed by atoms with Gasteiger partial charge in [-0.3, -0.25) is 4.79 Å². The molecule has 0 bridgehead atoms. The van der Waals surface area contributed by atoms with E-state index in [0.29, 0.717) is 17.6 Å². The van der Waals surface area contributed by atoms with Crippen molar-refractivity contribution in [2.24, 2.45) is 0 Å². The third kappa shape index (κ3) is 4.59. The second kappa shape index (κ2) is 8.68. The first-order chi connectivity index (χ1) is 14.3. The predicted octanol–water partition coefficient (Wildman–Crippen LogP) is 4.40. The van der Waals surface area contributed by atoms with Crippen molar-refractivity contribution in [1.82, 2.24) is 15.3 Å². The largest absolute Gasteiger partial charge is 0.495 e. The average molecular weight is 418 g/mol. The molecule has 0 radical (unpaired) electrons. The van der Waals surface area contributed by atoms with Gasteiger partial charge in [0.25, 0.3) is 5.91 Å². The van der Waals surface area contributed by atoms with Gasteiger partial charge in [-0.2, -0.15) is 18.2 Å². The highest BCUT2D eigenvalue weighted by molar-refractivity contribution is 5.96. The molecular formula is C20H17F3N4O3. The van der Waals surface area contributed by atoms with Gasteiger partial charge in [0.2, 0.25) is 11.8 Å². The molecule has 2 N–H and O–H groups in total. The van der Waals surface area contributed by atoms with E-state index in [0.717, 1.165) is 0 Å². The molecule has 2 aromatic carbocycles. The van der Waals surface area contributed by atoms with Crippen molar-refractivity contribution in [2.45, 2.75) is 6.18 Å². The van der Waals surface area contributed by atoms with Crippen LogP contribution in [0.4, 0.5) is 24.8 Å². The normalized spacial score (nSPS) is 11.0. The highest BCUT2D eigenvalue weighted by Crippen LogP contribution is 2.38. The van der Waals surface area contributed by atoms with Gasteiger partial charge in [-0.05, 0) is 24.3 Å². The van der Waals surface area contributed by atoms with Gasteiger partial charge in [0.05, 0.1) is 18.4 Å². The van der Waals surface area contributed by atoms with E-state index in [1.807, 2.05) is 0 Å². The maximum Gasteiger partial charge on any atom is 0.423 e. The number of ether oxygens (including phenoxy) is 2. The Kier molecular flexibility index (Phi) is 6.05. The van der Waals surface area contributed by atoms with E-state index >= 15 is 0 Å². The minimum Gasteiger partial charge on any atom is -0.495 e. The van der Waals surface area contributed by atoms with Crippen molar-refractivity contribution < 1.29 is 27.4 Å². The molecule has 0 atom stereocenters. The van der Waals surface area contributed by atoms with Gasteiger partial charge in [-0.15, -0.1) is 0 Å². The number of carbonyl (C=O) groups is 1. The number of rotatable bonds is 6. The Morgan fingerprint density at radius 3 is 2.37 bits per heavy atom. The van der Waals surface area contributed by atoms with E-state index < -0.39 is 23.5 Å². The van der Waals surface area contributed by atoms with E-state index in [-0.39, 0.29) is 17.3 Å². The standard InChI is InChI=1S/C20H17F3N4O3/c1-24-17(28)12-7-3-5-9-15(12)30-18-13(20(21,22)23)11-25-19(27-18)26-14-8-4-6-10-16(14)29-2/h3-11H,1-2H3,(H,24,28)(H,25,26,27). The number of hydrogen-bond acceptors (Lipinski definition) is 6. The van der Waals surface area contributed by atoms with Crippen molar-refractivity contribution in [3.8, 4) is 17.4 Å². The number of para-hydroxylation sites is 3. The lowest BCUT2D eigenvalue weighted by molar-refractivity contribution is -0.139. The van der Waals surface area contributed by atoms with Crippen LogP contribution >= 0.6 is 0 Å². The molecule has 0 unspecified atom stereocenters. The van der Waals surface area contributed by atoms with Gasteiger partial charge in [-0.1, -0.05) is 24.3 Å². The van der Waals surface area contributed by atoms with E-state index in [1.54, 1.807) is 30.3 Å². The van der Waals surface area contributed by atoms with Crippen LogP contribution in [-0.4, -0.2) is 30.0 Å². The van der Waals surface area contributed by atoms with Gasteiger partial charge >= 0.3 is 6.18 Å². The van der Waals surface area contributed by atoms with E-state index in [2.05, 4.69) is 20.6 Å². The summed E-state index contributed by atoms with van der Waals surface area (Å²) in [7, 11) is 2.86. The minimum atomic E-state index is -4.76. The van der Waals surface area contributed by atoms with Crippen LogP contribution in [0.5, 0.6) is 17.4 Å². The summed E-state index contributed by atoms with van der Waals surface area (Å²) in [4.78, 5) is 19.6. The monoisotopic (exact) mass is 418 g/mol. The number of halogens is 3. The molecule has 30 heavy (non-hydrogen) atoms. The lowest BCUT2D eigenvalue weighted by Crippen LogP contribution is -2.19. The Labute approximate surface area is 169 Å². The first-order valence-corrected chi connectivity index (χ1v) is 8.66. The molecule has 1 heterocycles. The van der Waals surface area contributed by atoms with Gasteiger partial charge in [0.15, 0.2) is 0 Å². The van der Waals surface area contributed by atoms with Crippen LogP contribution in [0.15, 0.2) is 54.7 Å². The molecule has 0 saturated carbocycles. The number of nitrogens with one attached hydrogen (secondary N) is 2. The Morgan fingerprint density at radius 2 is 1.70 bits per heavy atom. The molecule has 0 fully saturated rings. The van der Waals surface area contributed by atoms with Crippen molar-refractivity contribution in [3.63, 3.8) is 0 Å². The molecule has 3 rings (SSSR count). The number of aromatic nitrogens is 2. The van der Waals surface area contributed by atoms with E-state index in [9.17, 15) is 18.0 Å².